The van der Waals surface area contributed by atoms with Gasteiger partial charge in [0.2, 0.25) is 0 Å². The molecular weight excluding hydrogens is 450 g/mol. The quantitative estimate of drug-likeness (QED) is 0.322. The van der Waals surface area contributed by atoms with E-state index in [1.165, 1.54) is 5.56 Å². The van der Waals surface area contributed by atoms with Crippen molar-refractivity contribution in [2.45, 2.75) is 107 Å². The van der Waals surface area contributed by atoms with Crippen molar-refractivity contribution in [1.29, 1.82) is 0 Å². The van der Waals surface area contributed by atoms with Gasteiger partial charge in [-0.1, -0.05) is 6.07 Å². The Hall–Kier alpha value is -1.46. The van der Waals surface area contributed by atoms with E-state index in [1.807, 2.05) is 88.3 Å². The van der Waals surface area contributed by atoms with Gasteiger partial charge in [-0.25, -0.2) is 0 Å². The fourth-order valence-electron chi connectivity index (χ4n) is 3.73. The van der Waals surface area contributed by atoms with Crippen LogP contribution in [0.2, 0.25) is 0 Å². The molecule has 190 valence electrons. The zero-order valence-electron chi connectivity index (χ0n) is 23.4. The molecule has 2 aromatic rings. The van der Waals surface area contributed by atoms with Crippen molar-refractivity contribution in [2.75, 3.05) is 0 Å². The fourth-order valence-corrected chi connectivity index (χ4v) is 4.96. The molecule has 2 rings (SSSR count). The molecule has 1 atom stereocenters. The third kappa shape index (κ3) is 9.17. The van der Waals surface area contributed by atoms with Crippen LogP contribution in [0.1, 0.15) is 94.9 Å². The summed E-state index contributed by atoms with van der Waals surface area (Å²) in [5, 5.41) is 0.771. The molecule has 0 aromatic heterocycles. The first-order chi connectivity index (χ1) is 15.3. The Balaban J connectivity index is 0.00000612. The van der Waals surface area contributed by atoms with Crippen LogP contribution in [-0.2, 0) is 0 Å². The van der Waals surface area contributed by atoms with Gasteiger partial charge in [-0.05, 0) is 121 Å². The van der Waals surface area contributed by atoms with Crippen LogP contribution in [-0.4, -0.2) is 41.2 Å². The van der Waals surface area contributed by atoms with Crippen LogP contribution in [0.4, 0.5) is 0 Å². The van der Waals surface area contributed by atoms with Crippen molar-refractivity contribution >= 4 is 38.3 Å². The predicted molar refractivity (Wildman–Crippen MR) is 152 cm³/mol. The molecular formula is C29H44LiO4P. The van der Waals surface area contributed by atoms with Crippen LogP contribution in [0.5, 0.6) is 17.2 Å². The number of hydrogen-bond acceptors (Lipinski definition) is 4. The number of carbonyl (C=O) groups is 1. The van der Waals surface area contributed by atoms with Gasteiger partial charge in [0.15, 0.2) is 5.52 Å². The zero-order chi connectivity index (χ0) is 26.2. The fraction of sp³-hybridized carbons (Fsp3) is 0.552. The number of hydrogen-bond donors (Lipinski definition) is 0. The molecule has 0 radical (unpaired) electrons. The molecule has 6 heteroatoms. The minimum absolute atomic E-state index is 0. The molecule has 2 aromatic carbocycles. The molecule has 1 unspecified atom stereocenters. The summed E-state index contributed by atoms with van der Waals surface area (Å²) in [6, 6.07) is 5.88. The number of rotatable bonds is 6. The Morgan fingerprint density at radius 1 is 0.657 bits per heavy atom. The summed E-state index contributed by atoms with van der Waals surface area (Å²) >= 11 is 0. The number of aryl methyl sites for hydroxylation is 2. The van der Waals surface area contributed by atoms with Crippen molar-refractivity contribution in [1.82, 2.24) is 0 Å². The van der Waals surface area contributed by atoms with Gasteiger partial charge in [-0.15, -0.1) is 0 Å². The van der Waals surface area contributed by atoms with E-state index in [1.54, 1.807) is 0 Å². The van der Waals surface area contributed by atoms with Crippen molar-refractivity contribution in [3.8, 4) is 17.2 Å². The van der Waals surface area contributed by atoms with E-state index < -0.39 is 11.2 Å². The van der Waals surface area contributed by atoms with E-state index in [2.05, 4.69) is 19.9 Å². The molecule has 0 saturated carbocycles. The Morgan fingerprint density at radius 2 is 1.09 bits per heavy atom. The summed E-state index contributed by atoms with van der Waals surface area (Å²) in [6.45, 7) is 26.2. The maximum atomic E-state index is 13.7. The second kappa shape index (κ2) is 11.3. The van der Waals surface area contributed by atoms with E-state index in [-0.39, 0.29) is 38.6 Å². The summed E-state index contributed by atoms with van der Waals surface area (Å²) < 4.78 is 18.9. The SMILES string of the molecule is Cc1cc(C)c(C(=O)Pc2c(OC(C)(C)C)cc(OC(C)(C)C)cc2OC(C)(C)C)c(C)c1C.[LiH]. The summed E-state index contributed by atoms with van der Waals surface area (Å²) in [5.74, 6) is 1.91. The van der Waals surface area contributed by atoms with Gasteiger partial charge in [0.1, 0.15) is 34.1 Å². The monoisotopic (exact) mass is 494 g/mol. The van der Waals surface area contributed by atoms with Gasteiger partial charge in [0, 0.05) is 17.7 Å². The van der Waals surface area contributed by atoms with Crippen molar-refractivity contribution in [3.63, 3.8) is 0 Å². The van der Waals surface area contributed by atoms with Crippen molar-refractivity contribution in [2.24, 2.45) is 0 Å². The molecule has 0 aliphatic heterocycles. The van der Waals surface area contributed by atoms with Crippen LogP contribution in [0.15, 0.2) is 18.2 Å². The van der Waals surface area contributed by atoms with Crippen LogP contribution >= 0.6 is 8.58 Å². The summed E-state index contributed by atoms with van der Waals surface area (Å²) in [6.07, 6.45) is 0. The summed E-state index contributed by atoms with van der Waals surface area (Å²) in [7, 11) is -0.149. The Bertz CT molecular complexity index is 1030. The standard InChI is InChI=1S/C29H43O4P.Li.H/c1-17-14-18(2)24(20(4)19(17)3)26(30)34-25-22(32-28(8,9)10)15-21(31-27(5,6)7)16-23(25)33-29(11,12)13;;/h14-16,34H,1-13H3;;. The van der Waals surface area contributed by atoms with Gasteiger partial charge in [0.25, 0.3) is 0 Å². The molecule has 0 bridgehead atoms. The molecule has 0 saturated heterocycles. The van der Waals surface area contributed by atoms with Gasteiger partial charge < -0.3 is 14.2 Å². The van der Waals surface area contributed by atoms with Gasteiger partial charge in [0.05, 0.1) is 5.30 Å². The van der Waals surface area contributed by atoms with Crippen molar-refractivity contribution < 1.29 is 19.0 Å². The van der Waals surface area contributed by atoms with E-state index in [0.29, 0.717) is 17.2 Å². The molecule has 35 heavy (non-hydrogen) atoms. The molecule has 0 heterocycles. The van der Waals surface area contributed by atoms with Gasteiger partial charge >= 0.3 is 18.9 Å². The average Bonchev–Trinajstić information content (AvgIpc) is 2.58. The van der Waals surface area contributed by atoms with Crippen LogP contribution in [0.25, 0.3) is 0 Å². The first-order valence-corrected chi connectivity index (χ1v) is 12.9. The van der Waals surface area contributed by atoms with Crippen LogP contribution in [0.3, 0.4) is 0 Å². The third-order valence-corrected chi connectivity index (χ3v) is 6.34. The average molecular weight is 495 g/mol. The van der Waals surface area contributed by atoms with E-state index in [4.69, 9.17) is 14.2 Å². The Morgan fingerprint density at radius 3 is 1.49 bits per heavy atom. The molecule has 0 spiro atoms. The molecule has 0 amide bonds. The van der Waals surface area contributed by atoms with Crippen LogP contribution in [0, 0.1) is 27.7 Å². The molecule has 0 aliphatic carbocycles. The maximum absolute atomic E-state index is 13.7. The van der Waals surface area contributed by atoms with E-state index in [9.17, 15) is 4.79 Å². The minimum atomic E-state index is -0.450. The second-order valence-electron chi connectivity index (χ2n) is 12.0. The molecule has 4 nitrogen and oxygen atoms in total. The Labute approximate surface area is 226 Å². The second-order valence-corrected chi connectivity index (χ2v) is 13.2. The van der Waals surface area contributed by atoms with Gasteiger partial charge in [-0.3, -0.25) is 4.79 Å². The summed E-state index contributed by atoms with van der Waals surface area (Å²) in [4.78, 5) is 13.7. The first kappa shape index (κ1) is 31.6. The zero-order valence-corrected chi connectivity index (χ0v) is 24.4. The first-order valence-electron chi connectivity index (χ1n) is 11.9. The van der Waals surface area contributed by atoms with Crippen molar-refractivity contribution in [3.05, 3.63) is 46.0 Å². The topological polar surface area (TPSA) is 44.8 Å². The number of benzene rings is 2. The van der Waals surface area contributed by atoms with E-state index in [0.717, 1.165) is 27.6 Å². The third-order valence-electron chi connectivity index (χ3n) is 5.12. The van der Waals surface area contributed by atoms with E-state index >= 15 is 0 Å². The molecule has 0 aliphatic rings. The number of carbonyl (C=O) groups excluding carboxylic acids is 1. The van der Waals surface area contributed by atoms with Gasteiger partial charge in [-0.2, -0.15) is 0 Å². The number of ether oxygens (including phenoxy) is 3. The molecule has 0 N–H and O–H groups in total. The normalized spacial score (nSPS) is 12.5. The summed E-state index contributed by atoms with van der Waals surface area (Å²) in [5.41, 5.74) is 3.99. The predicted octanol–water partition coefficient (Wildman–Crippen LogP) is 6.95. The Kier molecular flexibility index (Phi) is 10.2. The van der Waals surface area contributed by atoms with Crippen LogP contribution < -0.4 is 19.5 Å². The molecule has 0 fully saturated rings.